The zero-order chi connectivity index (χ0) is 27.0. The number of hydrogen-bond donors (Lipinski definition) is 10. The van der Waals surface area contributed by atoms with Gasteiger partial charge in [0.05, 0.1) is 19.0 Å². The van der Waals surface area contributed by atoms with Gasteiger partial charge in [-0.15, -0.1) is 0 Å². The van der Waals surface area contributed by atoms with E-state index in [1.165, 1.54) is 0 Å². The summed E-state index contributed by atoms with van der Waals surface area (Å²) >= 11 is 0. The molecule has 0 aliphatic carbocycles. The van der Waals surface area contributed by atoms with Crippen LogP contribution in [-0.2, 0) is 24.0 Å². The van der Waals surface area contributed by atoms with E-state index in [1.807, 2.05) is 0 Å². The van der Waals surface area contributed by atoms with Crippen LogP contribution in [0.4, 0.5) is 0 Å². The van der Waals surface area contributed by atoms with Crippen LogP contribution in [0.1, 0.15) is 32.1 Å². The predicted octanol–water partition coefficient (Wildman–Crippen LogP) is -4.93. The number of carboxylic acid groups (broad SMARTS) is 2. The zero-order valence-electron chi connectivity index (χ0n) is 19.1. The van der Waals surface area contributed by atoms with Gasteiger partial charge < -0.3 is 54.8 Å². The van der Waals surface area contributed by atoms with Crippen molar-refractivity contribution in [2.75, 3.05) is 19.6 Å². The number of nitrogens with zero attached hydrogens (tertiary/aromatic N) is 2. The Hall–Kier alpha value is -4.15. The first-order chi connectivity index (χ1) is 16.3. The van der Waals surface area contributed by atoms with Crippen molar-refractivity contribution in [3.63, 3.8) is 0 Å². The van der Waals surface area contributed by atoms with Gasteiger partial charge in [0.2, 0.25) is 17.7 Å². The van der Waals surface area contributed by atoms with Gasteiger partial charge in [0.1, 0.15) is 12.1 Å². The molecule has 35 heavy (non-hydrogen) atoms. The molecule has 0 heterocycles. The largest absolute Gasteiger partial charge is 0.481 e. The molecule has 0 aromatic rings. The summed E-state index contributed by atoms with van der Waals surface area (Å²) in [5, 5.41) is 24.7. The highest BCUT2D eigenvalue weighted by atomic mass is 16.4. The number of carbonyl (C=O) groups excluding carboxylic acids is 3. The molecule has 15 N–H and O–H groups in total. The Labute approximate surface area is 200 Å². The second kappa shape index (κ2) is 16.5. The maximum absolute atomic E-state index is 12.5. The van der Waals surface area contributed by atoms with Crippen LogP contribution in [0.3, 0.4) is 0 Å². The van der Waals surface area contributed by atoms with Gasteiger partial charge in [-0.2, -0.15) is 0 Å². The SMILES string of the molecule is NC(N)=NCCCC(N)C(=O)NCC(=O)NC(CCCN=C(N)N)C(=O)NC(CC(=O)O)C(=O)O. The summed E-state index contributed by atoms with van der Waals surface area (Å²) in [6.07, 6.45) is 0.0247. The van der Waals surface area contributed by atoms with Crippen LogP contribution in [0.25, 0.3) is 0 Å². The van der Waals surface area contributed by atoms with Gasteiger partial charge in [-0.1, -0.05) is 0 Å². The van der Waals surface area contributed by atoms with Crippen LogP contribution in [0.5, 0.6) is 0 Å². The molecule has 0 spiro atoms. The van der Waals surface area contributed by atoms with E-state index in [2.05, 4.69) is 25.9 Å². The summed E-state index contributed by atoms with van der Waals surface area (Å²) in [5.41, 5.74) is 26.6. The third-order valence-corrected chi connectivity index (χ3v) is 4.32. The number of aliphatic imine (C=N–C) groups is 2. The molecule has 3 atom stereocenters. The Bertz CT molecular complexity index is 809. The quantitative estimate of drug-likeness (QED) is 0.0508. The summed E-state index contributed by atoms with van der Waals surface area (Å²) in [6.45, 7) is -0.125. The summed E-state index contributed by atoms with van der Waals surface area (Å²) in [5.74, 6) is -5.59. The smallest absolute Gasteiger partial charge is 0.326 e. The molecule has 0 fully saturated rings. The van der Waals surface area contributed by atoms with Crippen molar-refractivity contribution in [2.45, 2.75) is 50.2 Å². The number of hydrogen-bond acceptors (Lipinski definition) is 8. The number of carboxylic acids is 2. The van der Waals surface area contributed by atoms with Gasteiger partial charge in [0.15, 0.2) is 11.9 Å². The molecule has 3 amide bonds. The molecular formula is C18H34N10O7. The van der Waals surface area contributed by atoms with Crippen molar-refractivity contribution >= 4 is 41.6 Å². The molecule has 3 unspecified atom stereocenters. The van der Waals surface area contributed by atoms with E-state index in [4.69, 9.17) is 38.9 Å². The molecule has 198 valence electrons. The molecule has 0 aliphatic rings. The highest BCUT2D eigenvalue weighted by Gasteiger charge is 2.28. The van der Waals surface area contributed by atoms with Crippen LogP contribution in [0.2, 0.25) is 0 Å². The maximum Gasteiger partial charge on any atom is 0.326 e. The average Bonchev–Trinajstić information content (AvgIpc) is 2.75. The fraction of sp³-hybridized carbons (Fsp3) is 0.611. The lowest BCUT2D eigenvalue weighted by Crippen LogP contribution is -2.54. The predicted molar refractivity (Wildman–Crippen MR) is 125 cm³/mol. The third kappa shape index (κ3) is 15.3. The van der Waals surface area contributed by atoms with E-state index in [9.17, 15) is 24.0 Å². The molecule has 0 aromatic carbocycles. The van der Waals surface area contributed by atoms with Crippen molar-refractivity contribution in [3.8, 4) is 0 Å². The second-order valence-electron chi connectivity index (χ2n) is 7.34. The standard InChI is InChI=1S/C18H34N10O7/c19-9(3-1-5-24-17(20)21)14(32)26-8-12(29)27-10(4-2-6-25-18(22)23)15(33)28-11(16(34)35)7-13(30)31/h9-11H,1-8,19H2,(H,26,32)(H,27,29)(H,28,33)(H,30,31)(H,34,35)(H4,20,21,24)(H4,22,23,25). The summed E-state index contributed by atoms with van der Waals surface area (Å²) in [4.78, 5) is 66.5. The Kier molecular flexibility index (Phi) is 14.5. The van der Waals surface area contributed by atoms with Gasteiger partial charge in [0, 0.05) is 13.1 Å². The number of aliphatic carboxylic acids is 2. The molecule has 0 bridgehead atoms. The lowest BCUT2D eigenvalue weighted by Gasteiger charge is -2.21. The first kappa shape index (κ1) is 30.8. The fourth-order valence-electron chi connectivity index (χ4n) is 2.61. The Morgan fingerprint density at radius 3 is 1.80 bits per heavy atom. The average molecular weight is 503 g/mol. The number of guanidine groups is 2. The summed E-state index contributed by atoms with van der Waals surface area (Å²) < 4.78 is 0. The van der Waals surface area contributed by atoms with Crippen molar-refractivity contribution in [1.82, 2.24) is 16.0 Å². The summed E-state index contributed by atoms with van der Waals surface area (Å²) in [6, 6.07) is -3.89. The maximum atomic E-state index is 12.5. The second-order valence-corrected chi connectivity index (χ2v) is 7.34. The van der Waals surface area contributed by atoms with Crippen LogP contribution in [0, 0.1) is 0 Å². The minimum Gasteiger partial charge on any atom is -0.481 e. The number of amides is 3. The van der Waals surface area contributed by atoms with Crippen LogP contribution >= 0.6 is 0 Å². The van der Waals surface area contributed by atoms with E-state index < -0.39 is 60.8 Å². The first-order valence-corrected chi connectivity index (χ1v) is 10.5. The van der Waals surface area contributed by atoms with E-state index >= 15 is 0 Å². The minimum absolute atomic E-state index is 0.00792. The topological polar surface area (TPSA) is 317 Å². The number of carbonyl (C=O) groups is 5. The van der Waals surface area contributed by atoms with E-state index in [-0.39, 0.29) is 44.3 Å². The molecule has 0 rings (SSSR count). The molecule has 0 radical (unpaired) electrons. The summed E-state index contributed by atoms with van der Waals surface area (Å²) in [7, 11) is 0. The van der Waals surface area contributed by atoms with E-state index in [1.54, 1.807) is 0 Å². The minimum atomic E-state index is -1.71. The number of nitrogens with one attached hydrogen (secondary N) is 3. The molecule has 0 saturated carbocycles. The number of nitrogens with two attached hydrogens (primary N) is 5. The molecule has 0 aromatic heterocycles. The normalized spacial score (nSPS) is 12.8. The van der Waals surface area contributed by atoms with Gasteiger partial charge in [0.25, 0.3) is 0 Å². The van der Waals surface area contributed by atoms with Crippen LogP contribution in [-0.4, -0.2) is 89.6 Å². The Morgan fingerprint density at radius 2 is 1.31 bits per heavy atom. The first-order valence-electron chi connectivity index (χ1n) is 10.5. The molecule has 0 saturated heterocycles. The van der Waals surface area contributed by atoms with Gasteiger partial charge >= 0.3 is 11.9 Å². The third-order valence-electron chi connectivity index (χ3n) is 4.32. The Balaban J connectivity index is 4.97. The van der Waals surface area contributed by atoms with Gasteiger partial charge in [-0.25, -0.2) is 4.79 Å². The molecule has 0 aliphatic heterocycles. The molecule has 17 nitrogen and oxygen atoms in total. The Morgan fingerprint density at radius 1 is 0.771 bits per heavy atom. The monoisotopic (exact) mass is 502 g/mol. The number of rotatable bonds is 17. The van der Waals surface area contributed by atoms with Gasteiger partial charge in [-0.05, 0) is 25.7 Å². The highest BCUT2D eigenvalue weighted by molar-refractivity contribution is 5.93. The van der Waals surface area contributed by atoms with E-state index in [0.29, 0.717) is 6.42 Å². The fourth-order valence-corrected chi connectivity index (χ4v) is 2.61. The lowest BCUT2D eigenvalue weighted by molar-refractivity contribution is -0.147. The van der Waals surface area contributed by atoms with Crippen molar-refractivity contribution < 1.29 is 34.2 Å². The van der Waals surface area contributed by atoms with Crippen molar-refractivity contribution in [1.29, 1.82) is 0 Å². The van der Waals surface area contributed by atoms with Crippen molar-refractivity contribution in [2.24, 2.45) is 38.7 Å². The van der Waals surface area contributed by atoms with Crippen LogP contribution in [0.15, 0.2) is 9.98 Å². The molecule has 17 heteroatoms. The highest BCUT2D eigenvalue weighted by Crippen LogP contribution is 2.02. The van der Waals surface area contributed by atoms with Crippen LogP contribution < -0.4 is 44.6 Å². The van der Waals surface area contributed by atoms with E-state index in [0.717, 1.165) is 0 Å². The van der Waals surface area contributed by atoms with Crippen molar-refractivity contribution in [3.05, 3.63) is 0 Å². The van der Waals surface area contributed by atoms with Gasteiger partial charge in [-0.3, -0.25) is 29.2 Å². The lowest BCUT2D eigenvalue weighted by atomic mass is 10.1. The zero-order valence-corrected chi connectivity index (χ0v) is 19.1. The molecular weight excluding hydrogens is 468 g/mol.